The summed E-state index contributed by atoms with van der Waals surface area (Å²) in [4.78, 5) is 11.5. The number of pyridine rings is 1. The molecule has 3 heterocycles. The zero-order valence-electron chi connectivity index (χ0n) is 30.9. The zero-order valence-corrected chi connectivity index (χ0v) is 33.1. The van der Waals surface area contributed by atoms with E-state index in [4.69, 9.17) is 9.72 Å². The Balaban J connectivity index is 0.00000413. The van der Waals surface area contributed by atoms with E-state index in [1.165, 1.54) is 27.9 Å². The van der Waals surface area contributed by atoms with E-state index in [1.54, 1.807) is 0 Å². The number of aromatic nitrogens is 1. The summed E-state index contributed by atoms with van der Waals surface area (Å²) in [7, 11) is 0. The Kier molecular flexibility index (Phi) is 9.16. The second-order valence-corrected chi connectivity index (χ2v) is 14.4. The van der Waals surface area contributed by atoms with Gasteiger partial charge in [-0.3, -0.25) is 0 Å². The third-order valence-corrected chi connectivity index (χ3v) is 10.4. The number of rotatable bonds is 6. The van der Waals surface area contributed by atoms with Crippen LogP contribution in [0.4, 0.5) is 39.8 Å². The Hall–Kier alpha value is -5.64. The molecule has 0 saturated heterocycles. The summed E-state index contributed by atoms with van der Waals surface area (Å²) in [5.41, 5.74) is 14.8. The van der Waals surface area contributed by atoms with Gasteiger partial charge in [0.1, 0.15) is 0 Å². The minimum atomic E-state index is -0.344. The standard InChI is InChI=1S/C48H39N4O.Pt/c1-32-26-33(2)46(34(3)27-32)51-31-50(43-23-11-12-24-44(43)51)37-18-15-19-38(30-37)53-45-29-35(41-21-13-14-25-49-41)28-40-47(45)52(36-16-7-6-8-17-36)42-22-10-9-20-39(42)48(40,4)5;/h6-28,31H,1-5H3;/q-3;. The largest absolute Gasteiger partial charge is 0.501 e. The van der Waals surface area contributed by atoms with Crippen molar-refractivity contribution >= 4 is 39.8 Å². The molecule has 0 radical (unpaired) electrons. The average Bonchev–Trinajstić information content (AvgIpc) is 3.55. The molecule has 2 aliphatic heterocycles. The molecule has 5 nitrogen and oxygen atoms in total. The third kappa shape index (κ3) is 5.97. The minimum absolute atomic E-state index is 0. The molecule has 0 fully saturated rings. The van der Waals surface area contributed by atoms with Gasteiger partial charge in [-0.2, -0.15) is 6.07 Å². The van der Waals surface area contributed by atoms with E-state index in [0.29, 0.717) is 11.5 Å². The van der Waals surface area contributed by atoms with Crippen molar-refractivity contribution in [1.82, 2.24) is 4.98 Å². The number of para-hydroxylation sites is 4. The first kappa shape index (κ1) is 35.4. The second-order valence-electron chi connectivity index (χ2n) is 14.4. The van der Waals surface area contributed by atoms with Crippen LogP contribution in [0.3, 0.4) is 0 Å². The minimum Gasteiger partial charge on any atom is -0.501 e. The summed E-state index contributed by atoms with van der Waals surface area (Å²) in [5, 5.41) is 0. The molecule has 6 heteroatoms. The molecule has 0 amide bonds. The van der Waals surface area contributed by atoms with E-state index in [1.807, 2.05) is 36.5 Å². The van der Waals surface area contributed by atoms with E-state index in [0.717, 1.165) is 50.9 Å². The molecule has 0 bridgehead atoms. The predicted molar refractivity (Wildman–Crippen MR) is 216 cm³/mol. The van der Waals surface area contributed by atoms with Crippen molar-refractivity contribution in [2.45, 2.75) is 40.0 Å². The number of nitrogens with zero attached hydrogens (tertiary/aromatic N) is 4. The topological polar surface area (TPSA) is 31.8 Å². The maximum atomic E-state index is 7.02. The molecular weight excluding hydrogens is 844 g/mol. The zero-order chi connectivity index (χ0) is 36.3. The number of hydrogen-bond donors (Lipinski definition) is 0. The first-order valence-electron chi connectivity index (χ1n) is 18.1. The molecule has 0 atom stereocenters. The van der Waals surface area contributed by atoms with Crippen molar-refractivity contribution in [2.24, 2.45) is 0 Å². The van der Waals surface area contributed by atoms with E-state index in [2.05, 4.69) is 171 Å². The Labute approximate surface area is 332 Å². The van der Waals surface area contributed by atoms with Gasteiger partial charge in [-0.05, 0) is 79.6 Å². The van der Waals surface area contributed by atoms with Crippen LogP contribution >= 0.6 is 0 Å². The van der Waals surface area contributed by atoms with E-state index >= 15 is 0 Å². The van der Waals surface area contributed by atoms with Crippen LogP contribution in [0.5, 0.6) is 11.5 Å². The van der Waals surface area contributed by atoms with Gasteiger partial charge in [0.2, 0.25) is 0 Å². The van der Waals surface area contributed by atoms with Crippen LogP contribution < -0.4 is 19.4 Å². The molecule has 0 saturated carbocycles. The van der Waals surface area contributed by atoms with Crippen molar-refractivity contribution in [3.8, 4) is 22.8 Å². The fourth-order valence-electron chi connectivity index (χ4n) is 8.07. The molecule has 270 valence electrons. The Morgan fingerprint density at radius 2 is 1.30 bits per heavy atom. The summed E-state index contributed by atoms with van der Waals surface area (Å²) in [6.45, 7) is 13.3. The average molecular weight is 883 g/mol. The predicted octanol–water partition coefficient (Wildman–Crippen LogP) is 12.6. The Morgan fingerprint density at radius 3 is 2.02 bits per heavy atom. The summed E-state index contributed by atoms with van der Waals surface area (Å²) >= 11 is 0. The third-order valence-electron chi connectivity index (χ3n) is 10.4. The molecule has 1 aromatic heterocycles. The van der Waals surface area contributed by atoms with Gasteiger partial charge in [-0.25, -0.2) is 0 Å². The van der Waals surface area contributed by atoms with Gasteiger partial charge in [0.25, 0.3) is 0 Å². The quantitative estimate of drug-likeness (QED) is 0.155. The molecule has 0 unspecified atom stereocenters. The van der Waals surface area contributed by atoms with Crippen LogP contribution in [0.25, 0.3) is 11.3 Å². The molecule has 7 aromatic rings. The molecule has 2 aliphatic rings. The summed E-state index contributed by atoms with van der Waals surface area (Å²) in [6.07, 6.45) is 1.82. The van der Waals surface area contributed by atoms with Crippen LogP contribution in [0, 0.1) is 39.6 Å². The molecule has 0 aliphatic carbocycles. The van der Waals surface area contributed by atoms with E-state index in [9.17, 15) is 0 Å². The van der Waals surface area contributed by atoms with Gasteiger partial charge in [0.15, 0.2) is 0 Å². The van der Waals surface area contributed by atoms with Gasteiger partial charge in [-0.1, -0.05) is 104 Å². The number of aryl methyl sites for hydroxylation is 3. The van der Waals surface area contributed by atoms with Crippen molar-refractivity contribution in [2.75, 3.05) is 14.7 Å². The Morgan fingerprint density at radius 1 is 0.630 bits per heavy atom. The number of hydrogen-bond acceptors (Lipinski definition) is 5. The SMILES string of the molecule is Cc1cc(C)c(N2[CH-]N(c3[c-]c(Oc4[c-]c(-c5ccccn5)cc5c4N(c4ccccc4)c4ccccc4C5(C)C)ccc3)c3ccccc32)c(C)c1.[Pt]. The molecule has 54 heavy (non-hydrogen) atoms. The van der Waals surface area contributed by atoms with Crippen LogP contribution in [0.2, 0.25) is 0 Å². The van der Waals surface area contributed by atoms with Crippen molar-refractivity contribution in [3.63, 3.8) is 0 Å². The molecule has 0 spiro atoms. The van der Waals surface area contributed by atoms with Gasteiger partial charge in [0, 0.05) is 72.6 Å². The summed E-state index contributed by atoms with van der Waals surface area (Å²) in [5.74, 6) is 1.21. The van der Waals surface area contributed by atoms with E-state index in [-0.39, 0.29) is 26.5 Å². The molecule has 0 N–H and O–H groups in total. The van der Waals surface area contributed by atoms with Crippen molar-refractivity contribution < 1.29 is 25.8 Å². The van der Waals surface area contributed by atoms with Gasteiger partial charge < -0.3 is 24.4 Å². The van der Waals surface area contributed by atoms with Gasteiger partial charge >= 0.3 is 0 Å². The van der Waals surface area contributed by atoms with E-state index < -0.39 is 0 Å². The smallest absolute Gasteiger partial charge is 0.0658 e. The first-order chi connectivity index (χ1) is 25.8. The van der Waals surface area contributed by atoms with Gasteiger partial charge in [0.05, 0.1) is 5.75 Å². The van der Waals surface area contributed by atoms with Crippen molar-refractivity contribution in [1.29, 1.82) is 0 Å². The van der Waals surface area contributed by atoms with Crippen LogP contribution in [0.1, 0.15) is 41.7 Å². The maximum Gasteiger partial charge on any atom is 0.0658 e. The second kappa shape index (κ2) is 14.0. The van der Waals surface area contributed by atoms with Crippen molar-refractivity contribution in [3.05, 3.63) is 186 Å². The first-order valence-corrected chi connectivity index (χ1v) is 18.1. The number of fused-ring (bicyclic) bond motifs is 3. The Bertz CT molecular complexity index is 2470. The van der Waals surface area contributed by atoms with Crippen LogP contribution in [-0.4, -0.2) is 4.98 Å². The summed E-state index contributed by atoms with van der Waals surface area (Å²) in [6, 6.07) is 53.8. The summed E-state index contributed by atoms with van der Waals surface area (Å²) < 4.78 is 7.02. The number of ether oxygens (including phenoxy) is 1. The van der Waals surface area contributed by atoms with Crippen LogP contribution in [0.15, 0.2) is 140 Å². The molecule has 6 aromatic carbocycles. The maximum absolute atomic E-state index is 7.02. The molecule has 9 rings (SSSR count). The van der Waals surface area contributed by atoms with Gasteiger partial charge in [-0.15, -0.1) is 42.2 Å². The molecular formula is C48H39N4OPt-3. The fraction of sp³-hybridized carbons (Fsp3) is 0.125. The number of benzene rings is 6. The monoisotopic (exact) mass is 882 g/mol. The normalized spacial score (nSPS) is 13.8. The fourth-order valence-corrected chi connectivity index (χ4v) is 8.07. The number of anilines is 7. The van der Waals surface area contributed by atoms with Crippen LogP contribution in [-0.2, 0) is 26.5 Å².